The Balaban J connectivity index is 3.03. The Morgan fingerprint density at radius 2 is 2.09 bits per heavy atom. The minimum absolute atomic E-state index is 0.365. The van der Waals surface area contributed by atoms with E-state index in [-0.39, 0.29) is 0 Å². The summed E-state index contributed by atoms with van der Waals surface area (Å²) in [7, 11) is 0. The van der Waals surface area contributed by atoms with E-state index < -0.39 is 5.97 Å². The molecule has 0 aliphatic carbocycles. The number of carbonyl (C=O) groups is 1. The number of halogens is 1. The van der Waals surface area contributed by atoms with Gasteiger partial charge in [0.2, 0.25) is 0 Å². The molecule has 2 N–H and O–H groups in total. The molecule has 0 aliphatic heterocycles. The van der Waals surface area contributed by atoms with Crippen LogP contribution in [-0.4, -0.2) is 5.97 Å². The first-order valence-corrected chi connectivity index (χ1v) is 3.58. The van der Waals surface area contributed by atoms with Gasteiger partial charge >= 0.3 is 5.97 Å². The lowest BCUT2D eigenvalue weighted by molar-refractivity contribution is 0.0783. The summed E-state index contributed by atoms with van der Waals surface area (Å²) < 4.78 is 4.31. The Morgan fingerprint density at radius 3 is 2.64 bits per heavy atom. The fraction of sp³-hybridized carbons (Fsp3) is 0. The zero-order valence-electron chi connectivity index (χ0n) is 5.58. The third-order valence-electron chi connectivity index (χ3n) is 1.25. The Hall–Kier alpha value is -1.03. The van der Waals surface area contributed by atoms with Crippen LogP contribution in [0.3, 0.4) is 0 Å². The van der Waals surface area contributed by atoms with Crippen molar-refractivity contribution in [2.75, 3.05) is 5.73 Å². The standard InChI is InChI=1S/C7H6BrNO2/c8-11-7(10)5-3-1-2-4-6(5)9/h1-4H,9H2. The normalized spacial score (nSPS) is 9.18. The maximum Gasteiger partial charge on any atom is 0.351 e. The molecule has 0 fully saturated rings. The Bertz CT molecular complexity index is 275. The van der Waals surface area contributed by atoms with Crippen molar-refractivity contribution in [3.8, 4) is 0 Å². The van der Waals surface area contributed by atoms with Crippen LogP contribution in [0, 0.1) is 0 Å². The van der Waals surface area contributed by atoms with E-state index in [9.17, 15) is 4.79 Å². The van der Waals surface area contributed by atoms with E-state index in [1.807, 2.05) is 0 Å². The molecule has 1 aromatic carbocycles. The Kier molecular flexibility index (Phi) is 2.48. The van der Waals surface area contributed by atoms with Crippen molar-refractivity contribution in [2.45, 2.75) is 0 Å². The van der Waals surface area contributed by atoms with Crippen molar-refractivity contribution >= 4 is 27.9 Å². The second-order valence-corrected chi connectivity index (χ2v) is 2.28. The summed E-state index contributed by atoms with van der Waals surface area (Å²) in [5.74, 6) is -0.483. The van der Waals surface area contributed by atoms with Gasteiger partial charge in [0.15, 0.2) is 16.3 Å². The molecule has 0 atom stereocenters. The molecule has 0 spiro atoms. The summed E-state index contributed by atoms with van der Waals surface area (Å²) in [6, 6.07) is 6.70. The van der Waals surface area contributed by atoms with Gasteiger partial charge in [-0.2, -0.15) is 0 Å². The molecule has 0 heterocycles. The first kappa shape index (κ1) is 8.07. The van der Waals surface area contributed by atoms with Crippen molar-refractivity contribution in [1.29, 1.82) is 0 Å². The first-order valence-electron chi connectivity index (χ1n) is 2.93. The molecule has 1 aromatic rings. The highest BCUT2D eigenvalue weighted by Gasteiger charge is 2.07. The second-order valence-electron chi connectivity index (χ2n) is 1.95. The number of nitrogens with two attached hydrogens (primary N) is 1. The molecule has 11 heavy (non-hydrogen) atoms. The molecule has 0 unspecified atom stereocenters. The Morgan fingerprint density at radius 1 is 1.45 bits per heavy atom. The molecular weight excluding hydrogens is 210 g/mol. The van der Waals surface area contributed by atoms with E-state index in [0.29, 0.717) is 11.3 Å². The smallest absolute Gasteiger partial charge is 0.351 e. The number of carbonyl (C=O) groups excluding carboxylic acids is 1. The minimum Gasteiger partial charge on any atom is -0.398 e. The fourth-order valence-corrected chi connectivity index (χ4v) is 0.899. The van der Waals surface area contributed by atoms with Gasteiger partial charge in [-0.1, -0.05) is 12.1 Å². The van der Waals surface area contributed by atoms with Crippen LogP contribution >= 0.6 is 16.3 Å². The van der Waals surface area contributed by atoms with E-state index >= 15 is 0 Å². The number of para-hydroxylation sites is 1. The summed E-state index contributed by atoms with van der Waals surface area (Å²) in [5.41, 5.74) is 6.25. The zero-order valence-corrected chi connectivity index (χ0v) is 7.17. The van der Waals surface area contributed by atoms with Crippen molar-refractivity contribution in [3.63, 3.8) is 0 Å². The summed E-state index contributed by atoms with van der Waals surface area (Å²) >= 11 is 2.58. The minimum atomic E-state index is -0.483. The van der Waals surface area contributed by atoms with Crippen LogP contribution in [0.5, 0.6) is 0 Å². The third-order valence-corrected chi connectivity index (χ3v) is 1.54. The number of rotatable bonds is 1. The van der Waals surface area contributed by atoms with E-state index in [0.717, 1.165) is 0 Å². The van der Waals surface area contributed by atoms with E-state index in [1.165, 1.54) is 0 Å². The van der Waals surface area contributed by atoms with Crippen molar-refractivity contribution in [2.24, 2.45) is 0 Å². The summed E-state index contributed by atoms with van der Waals surface area (Å²) in [4.78, 5) is 10.9. The van der Waals surface area contributed by atoms with Gasteiger partial charge in [0, 0.05) is 5.69 Å². The van der Waals surface area contributed by atoms with Crippen LogP contribution in [0.2, 0.25) is 0 Å². The van der Waals surface area contributed by atoms with Crippen LogP contribution in [-0.2, 0) is 3.83 Å². The highest BCUT2D eigenvalue weighted by Crippen LogP contribution is 2.12. The predicted octanol–water partition coefficient (Wildman–Crippen LogP) is 1.74. The second kappa shape index (κ2) is 3.39. The van der Waals surface area contributed by atoms with Gasteiger partial charge in [0.05, 0.1) is 5.56 Å². The SMILES string of the molecule is Nc1ccccc1C(=O)OBr. The predicted molar refractivity (Wildman–Crippen MR) is 45.2 cm³/mol. The zero-order chi connectivity index (χ0) is 8.27. The van der Waals surface area contributed by atoms with Gasteiger partial charge in [0.25, 0.3) is 0 Å². The van der Waals surface area contributed by atoms with Gasteiger partial charge < -0.3 is 9.56 Å². The maximum absolute atomic E-state index is 10.9. The van der Waals surface area contributed by atoms with Gasteiger partial charge in [-0.05, 0) is 12.1 Å². The van der Waals surface area contributed by atoms with Crippen LogP contribution in [0.1, 0.15) is 10.4 Å². The van der Waals surface area contributed by atoms with Crippen LogP contribution in [0.4, 0.5) is 5.69 Å². The molecule has 0 saturated heterocycles. The van der Waals surface area contributed by atoms with Crippen molar-refractivity contribution in [1.82, 2.24) is 0 Å². The third kappa shape index (κ3) is 1.71. The molecule has 4 heteroatoms. The van der Waals surface area contributed by atoms with Gasteiger partial charge in [-0.25, -0.2) is 4.79 Å². The average Bonchev–Trinajstić information content (AvgIpc) is 2.04. The average molecular weight is 216 g/mol. The van der Waals surface area contributed by atoms with E-state index in [2.05, 4.69) is 20.1 Å². The summed E-state index contributed by atoms with van der Waals surface area (Å²) in [5, 5.41) is 0. The topological polar surface area (TPSA) is 52.3 Å². The first-order chi connectivity index (χ1) is 5.25. The van der Waals surface area contributed by atoms with Crippen LogP contribution < -0.4 is 5.73 Å². The fourth-order valence-electron chi connectivity index (χ4n) is 0.724. The number of anilines is 1. The van der Waals surface area contributed by atoms with Crippen LogP contribution in [0.15, 0.2) is 24.3 Å². The highest BCUT2D eigenvalue weighted by atomic mass is 79.9. The number of benzene rings is 1. The quantitative estimate of drug-likeness (QED) is 0.727. The Labute approximate surface area is 72.6 Å². The molecular formula is C7H6BrNO2. The van der Waals surface area contributed by atoms with Crippen molar-refractivity contribution in [3.05, 3.63) is 29.8 Å². The molecule has 0 aliphatic rings. The highest BCUT2D eigenvalue weighted by molar-refractivity contribution is 9.06. The lowest BCUT2D eigenvalue weighted by Gasteiger charge is -1.99. The van der Waals surface area contributed by atoms with E-state index in [4.69, 9.17) is 5.73 Å². The molecule has 58 valence electrons. The molecule has 0 saturated carbocycles. The van der Waals surface area contributed by atoms with Crippen molar-refractivity contribution < 1.29 is 8.62 Å². The lowest BCUT2D eigenvalue weighted by Crippen LogP contribution is -2.02. The molecule has 0 radical (unpaired) electrons. The summed E-state index contributed by atoms with van der Waals surface area (Å²) in [6.45, 7) is 0. The van der Waals surface area contributed by atoms with Gasteiger partial charge in [-0.3, -0.25) is 0 Å². The number of nitrogen functional groups attached to an aromatic ring is 1. The van der Waals surface area contributed by atoms with Crippen LogP contribution in [0.25, 0.3) is 0 Å². The summed E-state index contributed by atoms with van der Waals surface area (Å²) in [6.07, 6.45) is 0. The molecule has 0 bridgehead atoms. The molecule has 0 aromatic heterocycles. The van der Waals surface area contributed by atoms with E-state index in [1.54, 1.807) is 24.3 Å². The maximum atomic E-state index is 10.9. The lowest BCUT2D eigenvalue weighted by atomic mass is 10.2. The largest absolute Gasteiger partial charge is 0.398 e. The molecule has 1 rings (SSSR count). The molecule has 3 nitrogen and oxygen atoms in total. The van der Waals surface area contributed by atoms with Gasteiger partial charge in [-0.15, -0.1) is 0 Å². The van der Waals surface area contributed by atoms with Gasteiger partial charge in [0.1, 0.15) is 0 Å². The molecule has 0 amide bonds. The monoisotopic (exact) mass is 215 g/mol. The number of hydrogen-bond acceptors (Lipinski definition) is 3. The number of hydrogen-bond donors (Lipinski definition) is 1.